The van der Waals surface area contributed by atoms with Crippen molar-refractivity contribution in [2.45, 2.75) is 26.9 Å². The minimum absolute atomic E-state index is 0.104. The van der Waals surface area contributed by atoms with Gasteiger partial charge in [-0.2, -0.15) is 23.5 Å². The van der Waals surface area contributed by atoms with E-state index < -0.39 is 23.2 Å². The van der Waals surface area contributed by atoms with E-state index in [-0.39, 0.29) is 11.3 Å². The number of alkyl halides is 3. The number of imidazole rings is 1. The molecule has 0 spiro atoms. The number of benzene rings is 1. The van der Waals surface area contributed by atoms with E-state index in [0.29, 0.717) is 22.6 Å². The lowest BCUT2D eigenvalue weighted by Gasteiger charge is -2.16. The third kappa shape index (κ3) is 4.32. The van der Waals surface area contributed by atoms with Crippen LogP contribution in [-0.4, -0.2) is 25.5 Å². The Balaban J connectivity index is 1.72. The lowest BCUT2D eigenvalue weighted by Crippen LogP contribution is -2.29. The zero-order valence-electron chi connectivity index (χ0n) is 18.5. The lowest BCUT2D eigenvalue weighted by atomic mass is 9.94. The van der Waals surface area contributed by atoms with Gasteiger partial charge < -0.3 is 5.32 Å². The molecule has 0 saturated heterocycles. The van der Waals surface area contributed by atoms with E-state index in [4.69, 9.17) is 0 Å². The number of hydrogen-bond acceptors (Lipinski definition) is 5. The minimum Gasteiger partial charge on any atom is -0.324 e. The summed E-state index contributed by atoms with van der Waals surface area (Å²) in [5, 5.41) is 16.3. The van der Waals surface area contributed by atoms with Gasteiger partial charge in [-0.15, -0.1) is 0 Å². The van der Waals surface area contributed by atoms with Gasteiger partial charge in [-0.05, 0) is 56.7 Å². The van der Waals surface area contributed by atoms with Crippen molar-refractivity contribution in [2.24, 2.45) is 5.41 Å². The summed E-state index contributed by atoms with van der Waals surface area (Å²) in [5.74, 6) is -0.437. The maximum atomic E-state index is 13.4. The first-order chi connectivity index (χ1) is 16.0. The molecule has 3 heterocycles. The molecule has 3 aromatic heterocycles. The maximum absolute atomic E-state index is 13.4. The lowest BCUT2D eigenvalue weighted by molar-refractivity contribution is -0.140. The Morgan fingerprint density at radius 2 is 1.88 bits per heavy atom. The van der Waals surface area contributed by atoms with Crippen molar-refractivity contribution in [1.82, 2.24) is 19.6 Å². The van der Waals surface area contributed by atoms with Crippen LogP contribution in [-0.2, 0) is 11.0 Å². The number of anilines is 1. The molecule has 1 aromatic carbocycles. The molecule has 0 aliphatic carbocycles. The van der Waals surface area contributed by atoms with Crippen molar-refractivity contribution in [3.63, 3.8) is 0 Å². The smallest absolute Gasteiger partial charge is 0.324 e. The van der Waals surface area contributed by atoms with Crippen LogP contribution in [0.3, 0.4) is 0 Å². The van der Waals surface area contributed by atoms with Crippen LogP contribution in [0.5, 0.6) is 0 Å². The second-order valence-corrected chi connectivity index (χ2v) is 8.27. The summed E-state index contributed by atoms with van der Waals surface area (Å²) in [6.45, 7) is 4.88. The number of halogens is 3. The highest BCUT2D eigenvalue weighted by atomic mass is 19.4. The highest BCUT2D eigenvalue weighted by Gasteiger charge is 2.36. The van der Waals surface area contributed by atoms with Gasteiger partial charge in [-0.25, -0.2) is 9.50 Å². The van der Waals surface area contributed by atoms with Crippen molar-refractivity contribution in [1.29, 1.82) is 5.26 Å². The Bertz CT molecular complexity index is 1450. The van der Waals surface area contributed by atoms with Crippen LogP contribution in [0, 0.1) is 23.7 Å². The van der Waals surface area contributed by atoms with Crippen molar-refractivity contribution in [3.8, 4) is 28.6 Å². The molecule has 0 aliphatic rings. The second kappa shape index (κ2) is 8.26. The van der Waals surface area contributed by atoms with E-state index in [1.54, 1.807) is 24.4 Å². The van der Waals surface area contributed by atoms with Gasteiger partial charge in [0.05, 0.1) is 23.7 Å². The van der Waals surface area contributed by atoms with Crippen molar-refractivity contribution in [3.05, 3.63) is 66.1 Å². The number of nitrogens with zero attached hydrogens (tertiary/aromatic N) is 5. The van der Waals surface area contributed by atoms with E-state index in [1.165, 1.54) is 36.6 Å². The first kappa shape index (κ1) is 22.9. The normalized spacial score (nSPS) is 11.9. The SMILES string of the molecule is Cc1ccc(-c2cn3nc(-c4cccnc4C(F)(F)F)ccc3n2)cc1NC(=O)C(C)(C)C#N. The first-order valence-corrected chi connectivity index (χ1v) is 10.2. The molecule has 0 atom stereocenters. The number of aryl methyl sites for hydroxylation is 1. The highest BCUT2D eigenvalue weighted by Crippen LogP contribution is 2.35. The van der Waals surface area contributed by atoms with Crippen LogP contribution in [0.4, 0.5) is 18.9 Å². The molecule has 1 amide bonds. The highest BCUT2D eigenvalue weighted by molar-refractivity contribution is 5.97. The first-order valence-electron chi connectivity index (χ1n) is 10.2. The number of rotatable bonds is 4. The summed E-state index contributed by atoms with van der Waals surface area (Å²) in [6, 6.07) is 13.1. The number of fused-ring (bicyclic) bond motifs is 1. The fraction of sp³-hybridized carbons (Fsp3) is 0.208. The number of pyridine rings is 1. The van der Waals surface area contributed by atoms with Crippen LogP contribution >= 0.6 is 0 Å². The number of aromatic nitrogens is 4. The molecule has 7 nitrogen and oxygen atoms in total. The zero-order chi connectivity index (χ0) is 24.7. The monoisotopic (exact) mass is 464 g/mol. The third-order valence-electron chi connectivity index (χ3n) is 5.30. The Hall–Kier alpha value is -4.26. The average Bonchev–Trinajstić information content (AvgIpc) is 3.23. The fourth-order valence-electron chi connectivity index (χ4n) is 3.25. The van der Waals surface area contributed by atoms with Crippen LogP contribution in [0.15, 0.2) is 54.9 Å². The van der Waals surface area contributed by atoms with Crippen LogP contribution in [0.1, 0.15) is 25.1 Å². The summed E-state index contributed by atoms with van der Waals surface area (Å²) in [7, 11) is 0. The van der Waals surface area contributed by atoms with Gasteiger partial charge in [-0.1, -0.05) is 12.1 Å². The van der Waals surface area contributed by atoms with Crippen molar-refractivity contribution >= 4 is 17.2 Å². The Labute approximate surface area is 192 Å². The largest absolute Gasteiger partial charge is 0.434 e. The van der Waals surface area contributed by atoms with Gasteiger partial charge in [0.25, 0.3) is 0 Å². The predicted molar refractivity (Wildman–Crippen MR) is 119 cm³/mol. The number of carbonyl (C=O) groups is 1. The molecule has 4 rings (SSSR count). The minimum atomic E-state index is -4.61. The molecule has 0 radical (unpaired) electrons. The molecule has 0 saturated carbocycles. The standard InChI is InChI=1S/C24H19F3N6O/c1-14-6-7-15(11-18(14)31-22(34)23(2,3)13-28)19-12-33-20(30-19)9-8-17(32-33)16-5-4-10-29-21(16)24(25,26)27/h4-12H,1-3H3,(H,31,34). The average molecular weight is 464 g/mol. The molecule has 0 unspecified atom stereocenters. The van der Waals surface area contributed by atoms with Crippen molar-refractivity contribution in [2.75, 3.05) is 5.32 Å². The Morgan fingerprint density at radius 3 is 2.59 bits per heavy atom. The molecule has 4 aromatic rings. The van der Waals surface area contributed by atoms with Crippen LogP contribution < -0.4 is 5.32 Å². The topological polar surface area (TPSA) is 96.0 Å². The van der Waals surface area contributed by atoms with E-state index in [9.17, 15) is 23.2 Å². The summed E-state index contributed by atoms with van der Waals surface area (Å²) >= 11 is 0. The van der Waals surface area contributed by atoms with Gasteiger partial charge in [0.15, 0.2) is 11.3 Å². The summed E-state index contributed by atoms with van der Waals surface area (Å²) in [5.41, 5.74) is 0.706. The fourth-order valence-corrected chi connectivity index (χ4v) is 3.25. The molecule has 0 aliphatic heterocycles. The van der Waals surface area contributed by atoms with Gasteiger partial charge in [0.2, 0.25) is 5.91 Å². The van der Waals surface area contributed by atoms with E-state index in [1.807, 2.05) is 19.1 Å². The van der Waals surface area contributed by atoms with E-state index in [0.717, 1.165) is 11.8 Å². The van der Waals surface area contributed by atoms with Crippen molar-refractivity contribution < 1.29 is 18.0 Å². The summed E-state index contributed by atoms with van der Waals surface area (Å²) in [4.78, 5) is 20.4. The Kier molecular flexibility index (Phi) is 5.57. The molecule has 1 N–H and O–H groups in total. The van der Waals surface area contributed by atoms with Gasteiger partial charge in [0, 0.05) is 23.0 Å². The molecule has 10 heteroatoms. The summed E-state index contributed by atoms with van der Waals surface area (Å²) < 4.78 is 41.5. The molecular weight excluding hydrogens is 445 g/mol. The summed E-state index contributed by atoms with van der Waals surface area (Å²) in [6.07, 6.45) is -1.93. The third-order valence-corrected chi connectivity index (χ3v) is 5.30. The van der Waals surface area contributed by atoms with Crippen LogP contribution in [0.2, 0.25) is 0 Å². The number of carbonyl (C=O) groups excluding carboxylic acids is 1. The second-order valence-electron chi connectivity index (χ2n) is 8.27. The molecule has 34 heavy (non-hydrogen) atoms. The van der Waals surface area contributed by atoms with E-state index in [2.05, 4.69) is 20.4 Å². The number of nitrogens with one attached hydrogen (secondary N) is 1. The predicted octanol–water partition coefficient (Wildman–Crippen LogP) is 5.27. The molecular formula is C24H19F3N6O. The maximum Gasteiger partial charge on any atom is 0.434 e. The molecule has 0 fully saturated rings. The Morgan fingerprint density at radius 1 is 1.12 bits per heavy atom. The number of nitriles is 1. The van der Waals surface area contributed by atoms with Crippen LogP contribution in [0.25, 0.3) is 28.2 Å². The quantitative estimate of drug-likeness (QED) is 0.444. The van der Waals surface area contributed by atoms with Gasteiger partial charge in [-0.3, -0.25) is 9.78 Å². The number of amides is 1. The molecule has 172 valence electrons. The molecule has 0 bridgehead atoms. The van der Waals surface area contributed by atoms with Gasteiger partial charge in [0.1, 0.15) is 5.41 Å². The van der Waals surface area contributed by atoms with Gasteiger partial charge >= 0.3 is 6.18 Å². The van der Waals surface area contributed by atoms with E-state index >= 15 is 0 Å². The number of hydrogen-bond donors (Lipinski definition) is 1. The zero-order valence-corrected chi connectivity index (χ0v) is 18.5.